The molecule has 8 heteroatoms. The number of hydrogen-bond donors (Lipinski definition) is 2. The highest BCUT2D eigenvalue weighted by Crippen LogP contribution is 2.40. The third kappa shape index (κ3) is 1.99. The van der Waals surface area contributed by atoms with Crippen molar-refractivity contribution in [2.24, 2.45) is 5.73 Å². The molecule has 1 aliphatic heterocycles. The zero-order valence-electron chi connectivity index (χ0n) is 8.88. The van der Waals surface area contributed by atoms with Crippen LogP contribution in [0.3, 0.4) is 0 Å². The number of nitrogens with one attached hydrogen (secondary N) is 1. The maximum atomic E-state index is 11.5. The first-order chi connectivity index (χ1) is 8.65. The molecule has 1 aliphatic rings. The van der Waals surface area contributed by atoms with Crippen LogP contribution in [0.5, 0.6) is 0 Å². The smallest absolute Gasteiger partial charge is 0.245 e. The summed E-state index contributed by atoms with van der Waals surface area (Å²) in [4.78, 5) is 12.3. The second-order valence-electron chi connectivity index (χ2n) is 3.64. The van der Waals surface area contributed by atoms with Crippen LogP contribution in [-0.2, 0) is 4.79 Å². The Morgan fingerprint density at radius 3 is 3.06 bits per heavy atom. The topological polar surface area (TPSA) is 80.9 Å². The normalized spacial score (nSPS) is 17.7. The SMILES string of the molecule is NC1C(=O)Nc2cc(Sc3nncs3)c(Cl)cc21. The number of amides is 1. The van der Waals surface area contributed by atoms with Crippen LogP contribution in [0.1, 0.15) is 11.6 Å². The predicted molar refractivity (Wildman–Crippen MR) is 71.0 cm³/mol. The lowest BCUT2D eigenvalue weighted by Gasteiger charge is -2.06. The number of nitrogens with two attached hydrogens (primary N) is 1. The summed E-state index contributed by atoms with van der Waals surface area (Å²) in [5, 5.41) is 11.0. The van der Waals surface area contributed by atoms with Gasteiger partial charge in [-0.15, -0.1) is 10.2 Å². The van der Waals surface area contributed by atoms with Crippen LogP contribution in [0.25, 0.3) is 0 Å². The van der Waals surface area contributed by atoms with Crippen LogP contribution in [0.4, 0.5) is 5.69 Å². The number of aromatic nitrogens is 2. The first-order valence-corrected chi connectivity index (χ1v) is 7.06. The van der Waals surface area contributed by atoms with E-state index in [-0.39, 0.29) is 5.91 Å². The van der Waals surface area contributed by atoms with Gasteiger partial charge < -0.3 is 11.1 Å². The Morgan fingerprint density at radius 2 is 2.33 bits per heavy atom. The predicted octanol–water partition coefficient (Wildman–Crippen LogP) is 2.29. The van der Waals surface area contributed by atoms with Crippen LogP contribution in [-0.4, -0.2) is 16.1 Å². The van der Waals surface area contributed by atoms with Crippen molar-refractivity contribution in [1.29, 1.82) is 0 Å². The van der Waals surface area contributed by atoms with Crippen molar-refractivity contribution >= 4 is 46.3 Å². The monoisotopic (exact) mass is 298 g/mol. The fourth-order valence-corrected chi connectivity index (χ4v) is 3.43. The third-order valence-corrected chi connectivity index (χ3v) is 4.78. The molecule has 0 saturated heterocycles. The van der Waals surface area contributed by atoms with Crippen molar-refractivity contribution in [3.05, 3.63) is 28.2 Å². The molecule has 0 spiro atoms. The van der Waals surface area contributed by atoms with E-state index in [1.165, 1.54) is 23.1 Å². The molecule has 1 aromatic heterocycles. The quantitative estimate of drug-likeness (QED) is 0.889. The van der Waals surface area contributed by atoms with Gasteiger partial charge in [0, 0.05) is 16.1 Å². The molecule has 0 aliphatic carbocycles. The lowest BCUT2D eigenvalue weighted by atomic mass is 10.1. The maximum Gasteiger partial charge on any atom is 0.245 e. The van der Waals surface area contributed by atoms with E-state index in [4.69, 9.17) is 17.3 Å². The molecular weight excluding hydrogens is 292 g/mol. The molecular formula is C10H7ClN4OS2. The summed E-state index contributed by atoms with van der Waals surface area (Å²) < 4.78 is 0.797. The highest BCUT2D eigenvalue weighted by Gasteiger charge is 2.28. The molecule has 0 fully saturated rings. The van der Waals surface area contributed by atoms with E-state index in [0.29, 0.717) is 10.7 Å². The Hall–Kier alpha value is -1.15. The highest BCUT2D eigenvalue weighted by molar-refractivity contribution is 8.01. The number of benzene rings is 1. The largest absolute Gasteiger partial charge is 0.324 e. The number of carbonyl (C=O) groups excluding carboxylic acids is 1. The first-order valence-electron chi connectivity index (χ1n) is 4.99. The second-order valence-corrected chi connectivity index (χ2v) is 6.17. The van der Waals surface area contributed by atoms with Gasteiger partial charge in [-0.2, -0.15) is 0 Å². The Kier molecular flexibility index (Phi) is 2.98. The van der Waals surface area contributed by atoms with Crippen molar-refractivity contribution < 1.29 is 4.79 Å². The number of fused-ring (bicyclic) bond motifs is 1. The maximum absolute atomic E-state index is 11.5. The minimum atomic E-state index is -0.641. The van der Waals surface area contributed by atoms with E-state index < -0.39 is 6.04 Å². The summed E-state index contributed by atoms with van der Waals surface area (Å²) in [6.07, 6.45) is 0. The standard InChI is InChI=1S/C10H7ClN4OS2/c11-5-1-4-6(14-9(16)8(4)12)2-7(5)18-10-15-13-3-17-10/h1-3,8H,12H2,(H,14,16). The van der Waals surface area contributed by atoms with Gasteiger partial charge in [0.2, 0.25) is 5.91 Å². The fourth-order valence-electron chi connectivity index (χ4n) is 1.67. The Bertz CT molecular complexity index is 617. The molecule has 3 N–H and O–H groups in total. The average Bonchev–Trinajstić information content (AvgIpc) is 2.92. The van der Waals surface area contributed by atoms with Gasteiger partial charge in [-0.1, -0.05) is 34.7 Å². The Morgan fingerprint density at radius 1 is 1.50 bits per heavy atom. The van der Waals surface area contributed by atoms with Crippen LogP contribution in [0, 0.1) is 0 Å². The zero-order valence-corrected chi connectivity index (χ0v) is 11.3. The van der Waals surface area contributed by atoms with E-state index in [2.05, 4.69) is 15.5 Å². The van der Waals surface area contributed by atoms with Crippen molar-refractivity contribution in [3.8, 4) is 0 Å². The second kappa shape index (κ2) is 4.51. The van der Waals surface area contributed by atoms with Crippen molar-refractivity contribution in [2.75, 3.05) is 5.32 Å². The summed E-state index contributed by atoms with van der Waals surface area (Å²) in [5.41, 5.74) is 8.84. The van der Waals surface area contributed by atoms with Gasteiger partial charge in [0.15, 0.2) is 4.34 Å². The summed E-state index contributed by atoms with van der Waals surface area (Å²) in [6.45, 7) is 0. The van der Waals surface area contributed by atoms with Crippen LogP contribution >= 0.6 is 34.7 Å². The van der Waals surface area contributed by atoms with E-state index in [9.17, 15) is 4.79 Å². The van der Waals surface area contributed by atoms with Gasteiger partial charge in [0.1, 0.15) is 11.6 Å². The van der Waals surface area contributed by atoms with Gasteiger partial charge in [-0.25, -0.2) is 0 Å². The molecule has 1 unspecified atom stereocenters. The molecule has 1 atom stereocenters. The molecule has 5 nitrogen and oxygen atoms in total. The Balaban J connectivity index is 1.98. The molecule has 2 heterocycles. The molecule has 0 saturated carbocycles. The van der Waals surface area contributed by atoms with Gasteiger partial charge in [-0.3, -0.25) is 4.79 Å². The average molecular weight is 299 g/mol. The molecule has 1 amide bonds. The van der Waals surface area contributed by atoms with Crippen molar-refractivity contribution in [1.82, 2.24) is 10.2 Å². The molecule has 92 valence electrons. The van der Waals surface area contributed by atoms with Crippen LogP contribution in [0.15, 0.2) is 26.9 Å². The van der Waals surface area contributed by atoms with E-state index >= 15 is 0 Å². The number of halogens is 1. The molecule has 2 aromatic rings. The molecule has 18 heavy (non-hydrogen) atoms. The number of rotatable bonds is 2. The summed E-state index contributed by atoms with van der Waals surface area (Å²) in [6, 6.07) is 2.90. The summed E-state index contributed by atoms with van der Waals surface area (Å²) >= 11 is 9.02. The Labute approximate surface area is 116 Å². The minimum absolute atomic E-state index is 0.209. The van der Waals surface area contributed by atoms with E-state index in [0.717, 1.165) is 14.8 Å². The number of carbonyl (C=O) groups is 1. The minimum Gasteiger partial charge on any atom is -0.324 e. The van der Waals surface area contributed by atoms with Crippen LogP contribution < -0.4 is 11.1 Å². The summed E-state index contributed by atoms with van der Waals surface area (Å²) in [7, 11) is 0. The fraction of sp³-hybridized carbons (Fsp3) is 0.100. The number of nitrogens with zero attached hydrogens (tertiary/aromatic N) is 2. The first kappa shape index (κ1) is 11.9. The van der Waals surface area contributed by atoms with Crippen molar-refractivity contribution in [3.63, 3.8) is 0 Å². The number of hydrogen-bond acceptors (Lipinski definition) is 6. The van der Waals surface area contributed by atoms with Crippen LogP contribution in [0.2, 0.25) is 5.02 Å². The van der Waals surface area contributed by atoms with Gasteiger partial charge in [-0.05, 0) is 12.1 Å². The van der Waals surface area contributed by atoms with E-state index in [1.807, 2.05) is 6.07 Å². The molecule has 3 rings (SSSR count). The molecule has 0 radical (unpaired) electrons. The highest BCUT2D eigenvalue weighted by atomic mass is 35.5. The van der Waals surface area contributed by atoms with Gasteiger partial charge in [0.05, 0.1) is 5.02 Å². The molecule has 1 aromatic carbocycles. The molecule has 0 bridgehead atoms. The van der Waals surface area contributed by atoms with Crippen molar-refractivity contribution in [2.45, 2.75) is 15.3 Å². The van der Waals surface area contributed by atoms with E-state index in [1.54, 1.807) is 11.6 Å². The van der Waals surface area contributed by atoms with Gasteiger partial charge in [0.25, 0.3) is 0 Å². The lowest BCUT2D eigenvalue weighted by Crippen LogP contribution is -2.19. The third-order valence-electron chi connectivity index (χ3n) is 2.52. The number of anilines is 1. The summed E-state index contributed by atoms with van der Waals surface area (Å²) in [5.74, 6) is -0.209. The van der Waals surface area contributed by atoms with Gasteiger partial charge >= 0.3 is 0 Å². The zero-order chi connectivity index (χ0) is 12.7. The lowest BCUT2D eigenvalue weighted by molar-refractivity contribution is -0.116.